The molecule has 0 unspecified atom stereocenters. The molecule has 0 heterocycles. The van der Waals surface area contributed by atoms with Crippen molar-refractivity contribution in [3.05, 3.63) is 181 Å². The summed E-state index contributed by atoms with van der Waals surface area (Å²) in [5.41, 5.74) is 1.67. The molecule has 7 aromatic rings. The molecule has 228 valence electrons. The average Bonchev–Trinajstić information content (AvgIpc) is 3.28. The van der Waals surface area contributed by atoms with Gasteiger partial charge in [0, 0.05) is 0 Å². The zero-order valence-electron chi connectivity index (χ0n) is 45.2. The van der Waals surface area contributed by atoms with Crippen LogP contribution in [0.2, 0.25) is 0 Å². The fraction of sp³-hybridized carbons (Fsp3) is 0.106. The molecule has 0 aliphatic carbocycles. The van der Waals surface area contributed by atoms with Gasteiger partial charge < -0.3 is 0 Å². The van der Waals surface area contributed by atoms with Crippen molar-refractivity contribution in [2.75, 3.05) is 0 Å². The molecule has 0 saturated heterocycles. The Morgan fingerprint density at radius 3 is 1.17 bits per heavy atom. The summed E-state index contributed by atoms with van der Waals surface area (Å²) in [6.45, 7) is 7.23. The highest BCUT2D eigenvalue weighted by atomic mass is 14.3. The molecule has 7 rings (SSSR count). The van der Waals surface area contributed by atoms with Gasteiger partial charge in [0.2, 0.25) is 0 Å². The molecule has 0 saturated carbocycles. The van der Waals surface area contributed by atoms with Crippen LogP contribution in [0.3, 0.4) is 0 Å². The van der Waals surface area contributed by atoms with Crippen LogP contribution in [0, 0.1) is 6.92 Å². The summed E-state index contributed by atoms with van der Waals surface area (Å²) in [7, 11) is 0. The minimum atomic E-state index is -0.790. The Bertz CT molecular complexity index is 2740. The van der Waals surface area contributed by atoms with Gasteiger partial charge in [-0.1, -0.05) is 159 Å². The summed E-state index contributed by atoms with van der Waals surface area (Å²) in [5, 5.41) is 0. The van der Waals surface area contributed by atoms with Gasteiger partial charge in [0.25, 0.3) is 0 Å². The third-order valence-corrected chi connectivity index (χ3v) is 7.71. The molecule has 0 spiro atoms. The van der Waals surface area contributed by atoms with E-state index < -0.39 is 108 Å². The normalized spacial score (nSPS) is 17.1. The molecule has 0 aliphatic heterocycles. The first-order valence-electron chi connectivity index (χ1n) is 24.5. The van der Waals surface area contributed by atoms with Crippen molar-refractivity contribution in [2.24, 2.45) is 0 Å². The minimum absolute atomic E-state index is 0.0213. The maximum Gasteiger partial charge on any atom is 0.0632 e. The van der Waals surface area contributed by atoms with Gasteiger partial charge in [-0.2, -0.15) is 0 Å². The van der Waals surface area contributed by atoms with Gasteiger partial charge in [-0.3, -0.25) is 0 Å². The molecular formula is C47H40. The van der Waals surface area contributed by atoms with Gasteiger partial charge in [0.05, 0.1) is 26.0 Å². The van der Waals surface area contributed by atoms with Crippen LogP contribution in [0.15, 0.2) is 169 Å². The fourth-order valence-corrected chi connectivity index (χ4v) is 5.75. The van der Waals surface area contributed by atoms with Gasteiger partial charge in [0.15, 0.2) is 0 Å². The van der Waals surface area contributed by atoms with Gasteiger partial charge >= 0.3 is 0 Å². The van der Waals surface area contributed by atoms with E-state index in [0.29, 0.717) is 27.8 Å². The highest BCUT2D eigenvalue weighted by Gasteiger charge is 2.24. The van der Waals surface area contributed by atoms with Crippen molar-refractivity contribution in [1.82, 2.24) is 0 Å². The minimum Gasteiger partial charge on any atom is -0.0622 e. The molecule has 0 atom stereocenters. The Labute approximate surface area is 306 Å². The second-order valence-corrected chi connectivity index (χ2v) is 12.1. The smallest absolute Gasteiger partial charge is 0.0622 e. The summed E-state index contributed by atoms with van der Waals surface area (Å²) in [4.78, 5) is 0. The van der Waals surface area contributed by atoms with Crippen LogP contribution in [0.4, 0.5) is 0 Å². The lowest BCUT2D eigenvalue weighted by Crippen LogP contribution is -2.15. The van der Waals surface area contributed by atoms with Gasteiger partial charge in [0.1, 0.15) is 0 Å². The van der Waals surface area contributed by atoms with E-state index in [1.165, 1.54) is 19.1 Å². The summed E-state index contributed by atoms with van der Waals surface area (Å²) < 4.78 is 164. The first kappa shape index (κ1) is 15.4. The number of rotatable bonds is 6. The molecule has 0 fully saturated rings. The first-order chi connectivity index (χ1) is 30.7. The number of hydrogen-bond acceptors (Lipinski definition) is 0. The van der Waals surface area contributed by atoms with E-state index in [0.717, 1.165) is 0 Å². The van der Waals surface area contributed by atoms with Crippen molar-refractivity contribution >= 4 is 0 Å². The number of hydrogen-bond donors (Lipinski definition) is 0. The molecule has 0 heteroatoms. The van der Waals surface area contributed by atoms with E-state index in [4.69, 9.17) is 26.0 Å². The Kier molecular flexibility index (Phi) is 4.18. The molecule has 0 amide bonds. The quantitative estimate of drug-likeness (QED) is 0.173. The van der Waals surface area contributed by atoms with E-state index in [-0.39, 0.29) is 62.2 Å². The average molecular weight is 624 g/mol. The molecular weight excluding hydrogens is 565 g/mol. The molecule has 0 N–H and O–H groups in total. The first-order valence-corrected chi connectivity index (χ1v) is 15.0. The summed E-state index contributed by atoms with van der Waals surface area (Å²) in [5.74, 6) is 0. The summed E-state index contributed by atoms with van der Waals surface area (Å²) in [6, 6.07) is 4.69. The molecule has 0 bridgehead atoms. The van der Waals surface area contributed by atoms with E-state index in [9.17, 15) is 0 Å². The molecule has 0 aliphatic rings. The zero-order chi connectivity index (χ0) is 48.9. The van der Waals surface area contributed by atoms with E-state index in [2.05, 4.69) is 0 Å². The van der Waals surface area contributed by atoms with Crippen LogP contribution in [-0.4, -0.2) is 0 Å². The molecule has 0 aromatic heterocycles. The standard InChI is InChI=1S/C47H40/c1-33-16-14-23-37(26-33)41-28-40(36-21-12-7-13-22-36)31-43(32-41)45-25-15-24-44(46(45)47(2,3)4)42-29-38(34-17-8-5-9-18-34)27-39(30-42)35-19-10-6-11-20-35/h5-32H,1-4H3/i5D,6D,7D,8D,9D,10D,11D,12D,13D,14D,16D,17D,18D,19D,20D,21D,22D,23D,26D. The Morgan fingerprint density at radius 2 is 0.766 bits per heavy atom. The summed E-state index contributed by atoms with van der Waals surface area (Å²) >= 11 is 0. The predicted molar refractivity (Wildman–Crippen MR) is 202 cm³/mol. The van der Waals surface area contributed by atoms with Crippen molar-refractivity contribution in [3.63, 3.8) is 0 Å². The van der Waals surface area contributed by atoms with Gasteiger partial charge in [-0.15, -0.1) is 0 Å². The van der Waals surface area contributed by atoms with Crippen LogP contribution in [0.5, 0.6) is 0 Å². The number of benzene rings is 7. The SMILES string of the molecule is [2H]c1c([2H])c([2H])c(-c2cc(-c3cccc(-c4cc(-c5c([2H])c([2H])c([2H])c([2H])c5[2H])cc(-c5c([2H])c([2H])c([2H])c(C)c5[2H])c4)c3C(C)(C)C)cc(-c3c([2H])c([2H])c([2H])c([2H])c3[2H])c2)c([2H])c1[2H]. The fourth-order valence-electron chi connectivity index (χ4n) is 5.75. The van der Waals surface area contributed by atoms with Crippen LogP contribution < -0.4 is 0 Å². The Hall–Kier alpha value is -5.46. The van der Waals surface area contributed by atoms with Gasteiger partial charge in [-0.25, -0.2) is 0 Å². The third kappa shape index (κ3) is 6.46. The van der Waals surface area contributed by atoms with E-state index in [1.807, 2.05) is 20.8 Å². The van der Waals surface area contributed by atoms with Crippen LogP contribution in [0.1, 0.15) is 57.9 Å². The second-order valence-electron chi connectivity index (χ2n) is 12.1. The Morgan fingerprint density at radius 1 is 0.404 bits per heavy atom. The maximum atomic E-state index is 9.05. The van der Waals surface area contributed by atoms with Crippen molar-refractivity contribution in [1.29, 1.82) is 0 Å². The lowest BCUT2D eigenvalue weighted by atomic mass is 9.76. The largest absolute Gasteiger partial charge is 0.0632 e. The highest BCUT2D eigenvalue weighted by molar-refractivity contribution is 5.88. The monoisotopic (exact) mass is 623 g/mol. The van der Waals surface area contributed by atoms with Crippen LogP contribution in [0.25, 0.3) is 66.8 Å². The van der Waals surface area contributed by atoms with E-state index >= 15 is 0 Å². The van der Waals surface area contributed by atoms with Crippen LogP contribution >= 0.6 is 0 Å². The molecule has 0 nitrogen and oxygen atoms in total. The van der Waals surface area contributed by atoms with Crippen molar-refractivity contribution in [2.45, 2.75) is 33.1 Å². The highest BCUT2D eigenvalue weighted by Crippen LogP contribution is 2.44. The predicted octanol–water partition coefficient (Wildman–Crippen LogP) is 13.3. The molecule has 0 radical (unpaired) electrons. The topological polar surface area (TPSA) is 0 Å². The maximum absolute atomic E-state index is 9.05. The van der Waals surface area contributed by atoms with Crippen LogP contribution in [-0.2, 0) is 5.41 Å². The molecule has 7 aromatic carbocycles. The van der Waals surface area contributed by atoms with Crippen molar-refractivity contribution < 1.29 is 26.0 Å². The van der Waals surface area contributed by atoms with Gasteiger partial charge in [-0.05, 0) is 121 Å². The zero-order valence-corrected chi connectivity index (χ0v) is 26.2. The lowest BCUT2D eigenvalue weighted by Gasteiger charge is -2.28. The molecule has 47 heavy (non-hydrogen) atoms. The lowest BCUT2D eigenvalue weighted by molar-refractivity contribution is 0.593. The van der Waals surface area contributed by atoms with Crippen molar-refractivity contribution in [3.8, 4) is 66.8 Å². The second kappa shape index (κ2) is 12.7. The van der Waals surface area contributed by atoms with E-state index in [1.54, 1.807) is 42.5 Å². The Balaban J connectivity index is 1.64. The summed E-state index contributed by atoms with van der Waals surface area (Å²) in [6.07, 6.45) is 0. The third-order valence-electron chi connectivity index (χ3n) is 7.71.